The van der Waals surface area contributed by atoms with Crippen molar-refractivity contribution in [3.05, 3.63) is 29.8 Å². The number of hydrogen-bond donors (Lipinski definition) is 1. The summed E-state index contributed by atoms with van der Waals surface area (Å²) in [5.74, 6) is 1.37. The fraction of sp³-hybridized carbons (Fsp3) is 0.438. The van der Waals surface area contributed by atoms with Gasteiger partial charge >= 0.3 is 12.1 Å². The van der Waals surface area contributed by atoms with Crippen LogP contribution in [0.2, 0.25) is 0 Å². The van der Waals surface area contributed by atoms with Gasteiger partial charge < -0.3 is 14.2 Å². The van der Waals surface area contributed by atoms with E-state index >= 15 is 0 Å². The van der Waals surface area contributed by atoms with E-state index in [0.29, 0.717) is 10.3 Å². The van der Waals surface area contributed by atoms with Gasteiger partial charge in [0.1, 0.15) is 5.75 Å². The summed E-state index contributed by atoms with van der Waals surface area (Å²) in [6, 6.07) is 7.55. The van der Waals surface area contributed by atoms with Crippen LogP contribution in [0.15, 0.2) is 24.3 Å². The molecule has 1 N–H and O–H groups in total. The number of imide groups is 1. The zero-order valence-electron chi connectivity index (χ0n) is 13.9. The van der Waals surface area contributed by atoms with Gasteiger partial charge in [-0.3, -0.25) is 10.1 Å². The first-order valence-electron chi connectivity index (χ1n) is 7.54. The lowest BCUT2D eigenvalue weighted by molar-refractivity contribution is -0.156. The highest BCUT2D eigenvalue weighted by molar-refractivity contribution is 8.19. The number of hydrogen-bond acceptors (Lipinski definition) is 8. The second-order valence-electron chi connectivity index (χ2n) is 5.04. The van der Waals surface area contributed by atoms with Gasteiger partial charge in [-0.1, -0.05) is 12.1 Å². The molecule has 0 unspecified atom stereocenters. The number of alkyl carbamates (subject to hydrolysis) is 1. The molecule has 0 bridgehead atoms. The molecule has 1 aromatic carbocycles. The Hall–Kier alpha value is -1.87. The topological polar surface area (TPSA) is 90.9 Å². The molecule has 1 fully saturated rings. The Morgan fingerprint density at radius 2 is 1.84 bits per heavy atom. The van der Waals surface area contributed by atoms with Crippen LogP contribution in [0.5, 0.6) is 5.75 Å². The Balaban J connectivity index is 1.75. The van der Waals surface area contributed by atoms with Crippen LogP contribution in [0.3, 0.4) is 0 Å². The number of nitrogens with one attached hydrogen (secondary N) is 1. The summed E-state index contributed by atoms with van der Waals surface area (Å²) in [6.45, 7) is 1.02. The lowest BCUT2D eigenvalue weighted by Gasteiger charge is -2.13. The van der Waals surface area contributed by atoms with E-state index in [-0.39, 0.29) is 6.61 Å². The van der Waals surface area contributed by atoms with E-state index in [1.54, 1.807) is 12.1 Å². The Kier molecular flexibility index (Phi) is 7.45. The zero-order valence-corrected chi connectivity index (χ0v) is 15.5. The molecule has 0 spiro atoms. The predicted molar refractivity (Wildman–Crippen MR) is 95.7 cm³/mol. The smallest absolute Gasteiger partial charge is 0.413 e. The van der Waals surface area contributed by atoms with Gasteiger partial charge in [-0.2, -0.15) is 0 Å². The first-order chi connectivity index (χ1) is 12.0. The average molecular weight is 385 g/mol. The van der Waals surface area contributed by atoms with Gasteiger partial charge in [0.2, 0.25) is 0 Å². The highest BCUT2D eigenvalue weighted by atomic mass is 32.2. The van der Waals surface area contributed by atoms with E-state index in [2.05, 4.69) is 4.74 Å². The first-order valence-corrected chi connectivity index (χ1v) is 9.63. The lowest BCUT2D eigenvalue weighted by atomic mass is 10.2. The van der Waals surface area contributed by atoms with E-state index in [1.807, 2.05) is 41.0 Å². The van der Waals surface area contributed by atoms with Crippen molar-refractivity contribution in [1.82, 2.24) is 5.32 Å². The average Bonchev–Trinajstić information content (AvgIpc) is 3.14. The highest BCUT2D eigenvalue weighted by Gasteiger charge is 2.21. The fourth-order valence-electron chi connectivity index (χ4n) is 1.95. The number of carbonyl (C=O) groups is 3. The molecule has 1 saturated heterocycles. The van der Waals surface area contributed by atoms with Crippen molar-refractivity contribution in [2.24, 2.45) is 0 Å². The molecule has 0 aliphatic carbocycles. The number of esters is 1. The minimum Gasteiger partial charge on any atom is -0.482 e. The van der Waals surface area contributed by atoms with Gasteiger partial charge in [0.15, 0.2) is 12.7 Å². The van der Waals surface area contributed by atoms with E-state index in [9.17, 15) is 14.4 Å². The third-order valence-corrected chi connectivity index (χ3v) is 6.32. The summed E-state index contributed by atoms with van der Waals surface area (Å²) in [6.07, 6.45) is -2.04. The summed E-state index contributed by atoms with van der Waals surface area (Å²) >= 11 is 3.82. The van der Waals surface area contributed by atoms with E-state index in [4.69, 9.17) is 9.47 Å². The van der Waals surface area contributed by atoms with Gasteiger partial charge in [-0.15, -0.1) is 23.5 Å². The molecule has 136 valence electrons. The van der Waals surface area contributed by atoms with Crippen LogP contribution in [-0.2, 0) is 19.1 Å². The van der Waals surface area contributed by atoms with Crippen LogP contribution in [0.1, 0.15) is 17.1 Å². The van der Waals surface area contributed by atoms with Crippen molar-refractivity contribution >= 4 is 41.5 Å². The van der Waals surface area contributed by atoms with Crippen LogP contribution in [0.25, 0.3) is 0 Å². The van der Waals surface area contributed by atoms with Gasteiger partial charge in [0, 0.05) is 11.5 Å². The number of ether oxygens (including phenoxy) is 3. The SMILES string of the molecule is COC(=O)NC(=O)[C@@H](C)OC(=O)COc1ccc(C2SCCS2)cc1. The number of carbonyl (C=O) groups excluding carboxylic acids is 3. The number of benzene rings is 1. The quantitative estimate of drug-likeness (QED) is 0.747. The summed E-state index contributed by atoms with van der Waals surface area (Å²) in [4.78, 5) is 34.2. The molecule has 2 amide bonds. The Morgan fingerprint density at radius 1 is 1.20 bits per heavy atom. The molecule has 7 nitrogen and oxygen atoms in total. The molecule has 1 aliphatic heterocycles. The van der Waals surface area contributed by atoms with Gasteiger partial charge in [0.05, 0.1) is 11.7 Å². The molecule has 2 rings (SSSR count). The maximum atomic E-state index is 11.7. The largest absolute Gasteiger partial charge is 0.482 e. The number of methoxy groups -OCH3 is 1. The molecule has 0 saturated carbocycles. The molecule has 1 atom stereocenters. The molecule has 1 aromatic rings. The maximum Gasteiger partial charge on any atom is 0.413 e. The number of amides is 2. The van der Waals surface area contributed by atoms with Crippen molar-refractivity contribution in [2.45, 2.75) is 17.6 Å². The van der Waals surface area contributed by atoms with Crippen molar-refractivity contribution in [2.75, 3.05) is 25.2 Å². The van der Waals surface area contributed by atoms with Crippen LogP contribution in [0, 0.1) is 0 Å². The van der Waals surface area contributed by atoms with Crippen LogP contribution < -0.4 is 10.1 Å². The van der Waals surface area contributed by atoms with Crippen molar-refractivity contribution in [3.63, 3.8) is 0 Å². The van der Waals surface area contributed by atoms with E-state index in [1.165, 1.54) is 12.5 Å². The highest BCUT2D eigenvalue weighted by Crippen LogP contribution is 2.45. The zero-order chi connectivity index (χ0) is 18.2. The Bertz CT molecular complexity index is 616. The van der Waals surface area contributed by atoms with Gasteiger partial charge in [-0.25, -0.2) is 9.59 Å². The Labute approximate surface area is 154 Å². The van der Waals surface area contributed by atoms with Crippen molar-refractivity contribution < 1.29 is 28.6 Å². The maximum absolute atomic E-state index is 11.7. The second-order valence-corrected chi connectivity index (χ2v) is 7.77. The minimum atomic E-state index is -1.13. The van der Waals surface area contributed by atoms with Crippen molar-refractivity contribution in [1.29, 1.82) is 0 Å². The molecule has 9 heteroatoms. The predicted octanol–water partition coefficient (Wildman–Crippen LogP) is 2.36. The Morgan fingerprint density at radius 3 is 2.44 bits per heavy atom. The molecule has 25 heavy (non-hydrogen) atoms. The fourth-order valence-corrected chi connectivity index (χ4v) is 4.81. The summed E-state index contributed by atoms with van der Waals surface area (Å²) in [7, 11) is 1.13. The van der Waals surface area contributed by atoms with Crippen LogP contribution in [-0.4, -0.2) is 49.3 Å². The summed E-state index contributed by atoms with van der Waals surface area (Å²) < 4.78 is 15.0. The molecule has 1 heterocycles. The molecule has 0 aromatic heterocycles. The van der Waals surface area contributed by atoms with Crippen LogP contribution in [0.4, 0.5) is 4.79 Å². The van der Waals surface area contributed by atoms with Gasteiger partial charge in [-0.05, 0) is 24.6 Å². The van der Waals surface area contributed by atoms with Crippen molar-refractivity contribution in [3.8, 4) is 5.75 Å². The van der Waals surface area contributed by atoms with Gasteiger partial charge in [0.25, 0.3) is 5.91 Å². The monoisotopic (exact) mass is 385 g/mol. The molecular formula is C16H19NO6S2. The third-order valence-electron chi connectivity index (χ3n) is 3.22. The number of rotatable bonds is 6. The van der Waals surface area contributed by atoms with Crippen LogP contribution >= 0.6 is 23.5 Å². The summed E-state index contributed by atoms with van der Waals surface area (Å²) in [5.41, 5.74) is 1.22. The lowest BCUT2D eigenvalue weighted by Crippen LogP contribution is -2.40. The summed E-state index contributed by atoms with van der Waals surface area (Å²) in [5, 5.41) is 1.92. The first kappa shape index (κ1) is 19.5. The normalized spacial score (nSPS) is 15.3. The standard InChI is InChI=1S/C16H19NO6S2/c1-10(14(19)17-16(20)21-2)23-13(18)9-22-12-5-3-11(4-6-12)15-24-7-8-25-15/h3-6,10,15H,7-9H2,1-2H3,(H,17,19,20)/t10-/m1/s1. The third kappa shape index (κ3) is 6.17. The molecular weight excluding hydrogens is 366 g/mol. The second kappa shape index (κ2) is 9.57. The van der Waals surface area contributed by atoms with E-state index < -0.39 is 24.1 Å². The minimum absolute atomic E-state index is 0.331. The van der Waals surface area contributed by atoms with E-state index in [0.717, 1.165) is 18.6 Å². The molecule has 0 radical (unpaired) electrons. The molecule has 1 aliphatic rings. The number of thioether (sulfide) groups is 2.